The summed E-state index contributed by atoms with van der Waals surface area (Å²) < 4.78 is 1.82. The lowest BCUT2D eigenvalue weighted by Crippen LogP contribution is -2.40. The molecule has 0 bridgehead atoms. The second-order valence-corrected chi connectivity index (χ2v) is 7.85. The predicted octanol–water partition coefficient (Wildman–Crippen LogP) is 3.65. The van der Waals surface area contributed by atoms with Crippen molar-refractivity contribution >= 4 is 16.9 Å². The molecule has 150 valence electrons. The summed E-state index contributed by atoms with van der Waals surface area (Å²) >= 11 is 0. The molecular formula is C24H23N5O. The van der Waals surface area contributed by atoms with Gasteiger partial charge in [0.05, 0.1) is 23.0 Å². The largest absolute Gasteiger partial charge is 0.344 e. The molecule has 1 aliphatic heterocycles. The fourth-order valence-corrected chi connectivity index (χ4v) is 4.17. The Morgan fingerprint density at radius 3 is 2.70 bits per heavy atom. The second-order valence-electron chi connectivity index (χ2n) is 7.85. The Morgan fingerprint density at radius 2 is 1.87 bits per heavy atom. The summed E-state index contributed by atoms with van der Waals surface area (Å²) in [7, 11) is 2.07. The third kappa shape index (κ3) is 3.25. The summed E-state index contributed by atoms with van der Waals surface area (Å²) in [5.74, 6) is -0.119. The molecule has 6 nitrogen and oxygen atoms in total. The maximum atomic E-state index is 13.1. The summed E-state index contributed by atoms with van der Waals surface area (Å²) in [6, 6.07) is 20.0. The van der Waals surface area contributed by atoms with E-state index < -0.39 is 0 Å². The lowest BCUT2D eigenvalue weighted by Gasteiger charge is -2.32. The number of amides is 1. The van der Waals surface area contributed by atoms with Crippen molar-refractivity contribution < 1.29 is 4.79 Å². The highest BCUT2D eigenvalue weighted by Crippen LogP contribution is 2.26. The molecule has 2 aromatic carbocycles. The third-order valence-electron chi connectivity index (χ3n) is 5.64. The number of carbonyl (C=O) groups is 1. The summed E-state index contributed by atoms with van der Waals surface area (Å²) in [5, 5.41) is 8.71. The number of aromatic nitrogens is 3. The molecule has 4 aromatic rings. The third-order valence-corrected chi connectivity index (χ3v) is 5.64. The summed E-state index contributed by atoms with van der Waals surface area (Å²) in [4.78, 5) is 19.9. The van der Waals surface area contributed by atoms with Crippen LogP contribution in [-0.2, 0) is 6.54 Å². The second kappa shape index (κ2) is 7.39. The standard InChI is InChI=1S/C24H23N5O/c1-16-21-12-18(13-25-23(21)29(27-16)19-9-4-3-5-10-19)24(30)26-22-15-28(2)14-17-8-6-7-11-20(17)22/h3-13,22H,14-15H2,1-2H3,(H,26,30). The average Bonchev–Trinajstić information content (AvgIpc) is 3.10. The number of rotatable bonds is 3. The SMILES string of the molecule is Cc1nn(-c2ccccc2)c2ncc(C(=O)NC3CN(C)Cc4ccccc43)cc12. The molecule has 30 heavy (non-hydrogen) atoms. The van der Waals surface area contributed by atoms with E-state index in [-0.39, 0.29) is 11.9 Å². The van der Waals surface area contributed by atoms with E-state index in [0.29, 0.717) is 5.56 Å². The minimum Gasteiger partial charge on any atom is -0.344 e. The van der Waals surface area contributed by atoms with Crippen LogP contribution in [0.25, 0.3) is 16.7 Å². The van der Waals surface area contributed by atoms with E-state index in [9.17, 15) is 4.79 Å². The predicted molar refractivity (Wildman–Crippen MR) is 117 cm³/mol. The van der Waals surface area contributed by atoms with Crippen LogP contribution in [0.2, 0.25) is 0 Å². The first kappa shape index (κ1) is 18.5. The van der Waals surface area contributed by atoms with Gasteiger partial charge in [0.15, 0.2) is 5.65 Å². The number of likely N-dealkylation sites (N-methyl/N-ethyl adjacent to an activating group) is 1. The zero-order chi connectivity index (χ0) is 20.7. The first-order chi connectivity index (χ1) is 14.6. The van der Waals surface area contributed by atoms with Crippen LogP contribution in [0.4, 0.5) is 0 Å². The number of para-hydroxylation sites is 1. The minimum absolute atomic E-state index is 0.0451. The van der Waals surface area contributed by atoms with Crippen molar-refractivity contribution in [1.29, 1.82) is 0 Å². The van der Waals surface area contributed by atoms with E-state index in [1.807, 2.05) is 60.1 Å². The molecule has 3 heterocycles. The lowest BCUT2D eigenvalue weighted by molar-refractivity contribution is 0.0922. The van der Waals surface area contributed by atoms with Gasteiger partial charge in [-0.3, -0.25) is 9.69 Å². The van der Waals surface area contributed by atoms with E-state index in [2.05, 4.69) is 39.5 Å². The first-order valence-electron chi connectivity index (χ1n) is 10.1. The monoisotopic (exact) mass is 397 g/mol. The van der Waals surface area contributed by atoms with E-state index in [4.69, 9.17) is 0 Å². The molecule has 5 rings (SSSR count). The number of benzene rings is 2. The van der Waals surface area contributed by atoms with Crippen molar-refractivity contribution in [3.05, 3.63) is 89.2 Å². The molecule has 1 atom stereocenters. The zero-order valence-corrected chi connectivity index (χ0v) is 17.0. The van der Waals surface area contributed by atoms with Gasteiger partial charge < -0.3 is 5.32 Å². The zero-order valence-electron chi connectivity index (χ0n) is 17.0. The summed E-state index contributed by atoms with van der Waals surface area (Å²) in [6.45, 7) is 3.62. The number of pyridine rings is 1. The molecule has 2 aromatic heterocycles. The average molecular weight is 397 g/mol. The number of nitrogens with one attached hydrogen (secondary N) is 1. The van der Waals surface area contributed by atoms with Crippen LogP contribution in [0.5, 0.6) is 0 Å². The fourth-order valence-electron chi connectivity index (χ4n) is 4.17. The Morgan fingerprint density at radius 1 is 1.10 bits per heavy atom. The Labute approximate surface area is 175 Å². The molecule has 1 N–H and O–H groups in total. The van der Waals surface area contributed by atoms with Gasteiger partial charge in [0, 0.05) is 24.7 Å². The molecule has 6 heteroatoms. The molecule has 1 unspecified atom stereocenters. The van der Waals surface area contributed by atoms with Gasteiger partial charge in [-0.1, -0.05) is 42.5 Å². The van der Waals surface area contributed by atoms with Gasteiger partial charge in [-0.2, -0.15) is 5.10 Å². The molecule has 0 aliphatic carbocycles. The highest BCUT2D eigenvalue weighted by molar-refractivity contribution is 5.97. The van der Waals surface area contributed by atoms with Crippen molar-refractivity contribution in [3.8, 4) is 5.69 Å². The van der Waals surface area contributed by atoms with Crippen molar-refractivity contribution in [2.24, 2.45) is 0 Å². The van der Waals surface area contributed by atoms with Crippen LogP contribution >= 0.6 is 0 Å². The smallest absolute Gasteiger partial charge is 0.253 e. The Bertz CT molecular complexity index is 1230. The van der Waals surface area contributed by atoms with Crippen molar-refractivity contribution in [3.63, 3.8) is 0 Å². The van der Waals surface area contributed by atoms with Gasteiger partial charge in [0.25, 0.3) is 5.91 Å². The Balaban J connectivity index is 1.46. The van der Waals surface area contributed by atoms with Crippen LogP contribution in [0.1, 0.15) is 33.2 Å². The molecule has 0 saturated carbocycles. The van der Waals surface area contributed by atoms with E-state index >= 15 is 0 Å². The maximum absolute atomic E-state index is 13.1. The number of nitrogens with zero attached hydrogens (tertiary/aromatic N) is 4. The number of fused-ring (bicyclic) bond motifs is 2. The highest BCUT2D eigenvalue weighted by atomic mass is 16.1. The number of carbonyl (C=O) groups excluding carboxylic acids is 1. The molecule has 0 saturated heterocycles. The highest BCUT2D eigenvalue weighted by Gasteiger charge is 2.25. The molecular weight excluding hydrogens is 374 g/mol. The van der Waals surface area contributed by atoms with Gasteiger partial charge in [-0.05, 0) is 43.3 Å². The first-order valence-corrected chi connectivity index (χ1v) is 10.1. The van der Waals surface area contributed by atoms with Gasteiger partial charge in [0.2, 0.25) is 0 Å². The van der Waals surface area contributed by atoms with Gasteiger partial charge >= 0.3 is 0 Å². The van der Waals surface area contributed by atoms with Crippen molar-refractivity contribution in [2.75, 3.05) is 13.6 Å². The minimum atomic E-state index is -0.119. The lowest BCUT2D eigenvalue weighted by atomic mass is 9.95. The quantitative estimate of drug-likeness (QED) is 0.573. The van der Waals surface area contributed by atoms with Crippen molar-refractivity contribution in [2.45, 2.75) is 19.5 Å². The topological polar surface area (TPSA) is 63.1 Å². The number of aryl methyl sites for hydroxylation is 1. The Hall–Kier alpha value is -3.51. The summed E-state index contributed by atoms with van der Waals surface area (Å²) in [6.07, 6.45) is 1.64. The fraction of sp³-hybridized carbons (Fsp3) is 0.208. The van der Waals surface area contributed by atoms with E-state index in [1.165, 1.54) is 11.1 Å². The van der Waals surface area contributed by atoms with E-state index in [1.54, 1.807) is 6.20 Å². The van der Waals surface area contributed by atoms with Gasteiger partial charge in [-0.15, -0.1) is 0 Å². The number of hydrogen-bond acceptors (Lipinski definition) is 4. The molecule has 1 amide bonds. The van der Waals surface area contributed by atoms with E-state index in [0.717, 1.165) is 35.5 Å². The van der Waals surface area contributed by atoms with Crippen LogP contribution in [-0.4, -0.2) is 39.2 Å². The van der Waals surface area contributed by atoms with Gasteiger partial charge in [0.1, 0.15) is 0 Å². The Kier molecular flexibility index (Phi) is 4.56. The molecule has 0 spiro atoms. The molecule has 1 aliphatic rings. The van der Waals surface area contributed by atoms with Crippen LogP contribution in [0.15, 0.2) is 66.9 Å². The molecule has 0 fully saturated rings. The van der Waals surface area contributed by atoms with Crippen LogP contribution in [0, 0.1) is 6.92 Å². The normalized spacial score (nSPS) is 16.4. The number of hydrogen-bond donors (Lipinski definition) is 1. The summed E-state index contributed by atoms with van der Waals surface area (Å²) in [5.41, 5.74) is 5.53. The molecule has 0 radical (unpaired) electrons. The van der Waals surface area contributed by atoms with Crippen molar-refractivity contribution in [1.82, 2.24) is 25.0 Å². The van der Waals surface area contributed by atoms with Crippen LogP contribution in [0.3, 0.4) is 0 Å². The van der Waals surface area contributed by atoms with Crippen LogP contribution < -0.4 is 5.32 Å². The maximum Gasteiger partial charge on any atom is 0.253 e. The van der Waals surface area contributed by atoms with Gasteiger partial charge in [-0.25, -0.2) is 9.67 Å².